The number of piperazine rings is 1. The lowest BCUT2D eigenvalue weighted by molar-refractivity contribution is 0.174. The topological polar surface area (TPSA) is 67.9 Å². The van der Waals surface area contributed by atoms with Crippen LogP contribution in [-0.4, -0.2) is 45.4 Å². The average Bonchev–Trinajstić information content (AvgIpc) is 2.85. The van der Waals surface area contributed by atoms with Gasteiger partial charge in [-0.3, -0.25) is 0 Å². The van der Waals surface area contributed by atoms with E-state index in [1.54, 1.807) is 0 Å². The van der Waals surface area contributed by atoms with Crippen LogP contribution in [0.4, 0.5) is 0 Å². The fourth-order valence-electron chi connectivity index (χ4n) is 2.49. The molecule has 0 saturated carbocycles. The van der Waals surface area contributed by atoms with Gasteiger partial charge >= 0.3 is 0 Å². The molecule has 1 fully saturated rings. The number of fused-ring (bicyclic) bond motifs is 1. The zero-order chi connectivity index (χ0) is 13.5. The third-order valence-electron chi connectivity index (χ3n) is 3.40. The summed E-state index contributed by atoms with van der Waals surface area (Å²) in [6.07, 6.45) is 1.25. The molecule has 1 aromatic carbocycles. The summed E-state index contributed by atoms with van der Waals surface area (Å²) in [5.74, 6) is 1.38. The third kappa shape index (κ3) is 2.41. The van der Waals surface area contributed by atoms with Gasteiger partial charge in [0.2, 0.25) is 16.8 Å². The van der Waals surface area contributed by atoms with E-state index in [1.165, 1.54) is 10.6 Å². The Morgan fingerprint density at radius 3 is 2.89 bits per heavy atom. The molecule has 104 valence electrons. The number of hydrogen-bond donors (Lipinski definition) is 1. The molecule has 0 amide bonds. The second-order valence-electron chi connectivity index (χ2n) is 4.71. The molecule has 3 rings (SSSR count). The predicted molar refractivity (Wildman–Crippen MR) is 69.7 cm³/mol. The Morgan fingerprint density at radius 2 is 2.11 bits per heavy atom. The zero-order valence-corrected chi connectivity index (χ0v) is 11.4. The van der Waals surface area contributed by atoms with Crippen molar-refractivity contribution in [2.75, 3.05) is 32.7 Å². The van der Waals surface area contributed by atoms with Crippen molar-refractivity contribution >= 4 is 10.0 Å². The van der Waals surface area contributed by atoms with Crippen LogP contribution < -0.4 is 14.8 Å². The Bertz CT molecular complexity index is 587. The third-order valence-corrected chi connectivity index (χ3v) is 4.69. The number of benzene rings is 1. The van der Waals surface area contributed by atoms with Crippen LogP contribution in [0.5, 0.6) is 11.5 Å². The Balaban J connectivity index is 1.95. The Hall–Kier alpha value is -1.31. The van der Waals surface area contributed by atoms with E-state index in [9.17, 15) is 8.42 Å². The first-order valence-corrected chi connectivity index (χ1v) is 7.97. The summed E-state index contributed by atoms with van der Waals surface area (Å²) < 4.78 is 35.8. The summed E-state index contributed by atoms with van der Waals surface area (Å²) in [4.78, 5) is 0. The highest BCUT2D eigenvalue weighted by Crippen LogP contribution is 2.36. The van der Waals surface area contributed by atoms with E-state index in [0.717, 1.165) is 5.56 Å². The monoisotopic (exact) mass is 284 g/mol. The second kappa shape index (κ2) is 4.66. The van der Waals surface area contributed by atoms with Crippen molar-refractivity contribution in [2.45, 2.75) is 6.04 Å². The van der Waals surface area contributed by atoms with E-state index in [1.807, 2.05) is 18.2 Å². The van der Waals surface area contributed by atoms with Crippen molar-refractivity contribution < 1.29 is 17.9 Å². The molecule has 2 aliphatic heterocycles. The maximum absolute atomic E-state index is 11.8. The first kappa shape index (κ1) is 12.7. The molecule has 0 bridgehead atoms. The van der Waals surface area contributed by atoms with Crippen molar-refractivity contribution in [3.63, 3.8) is 0 Å². The van der Waals surface area contributed by atoms with E-state index >= 15 is 0 Å². The number of nitrogens with zero attached hydrogens (tertiary/aromatic N) is 1. The van der Waals surface area contributed by atoms with Crippen molar-refractivity contribution in [3.05, 3.63) is 23.8 Å². The Labute approximate surface area is 112 Å². The molecular weight excluding hydrogens is 268 g/mol. The van der Waals surface area contributed by atoms with Crippen LogP contribution in [0.1, 0.15) is 11.6 Å². The molecule has 0 aliphatic carbocycles. The van der Waals surface area contributed by atoms with Gasteiger partial charge in [-0.2, -0.15) is 4.31 Å². The number of nitrogens with one attached hydrogen (secondary N) is 1. The Kier molecular flexibility index (Phi) is 3.12. The normalized spacial score (nSPS) is 23.5. The van der Waals surface area contributed by atoms with Crippen molar-refractivity contribution in [3.8, 4) is 11.5 Å². The van der Waals surface area contributed by atoms with Gasteiger partial charge in [0.15, 0.2) is 11.5 Å². The van der Waals surface area contributed by atoms with Crippen LogP contribution in [0.15, 0.2) is 18.2 Å². The van der Waals surface area contributed by atoms with Gasteiger partial charge in [0, 0.05) is 19.6 Å². The number of rotatable bonds is 2. The quantitative estimate of drug-likeness (QED) is 0.847. The van der Waals surface area contributed by atoms with Gasteiger partial charge in [-0.15, -0.1) is 0 Å². The van der Waals surface area contributed by atoms with Crippen molar-refractivity contribution in [1.82, 2.24) is 9.62 Å². The molecule has 0 spiro atoms. The van der Waals surface area contributed by atoms with Gasteiger partial charge in [0.25, 0.3) is 0 Å². The predicted octanol–water partition coefficient (Wildman–Crippen LogP) is 0.321. The van der Waals surface area contributed by atoms with E-state index < -0.39 is 10.0 Å². The van der Waals surface area contributed by atoms with E-state index in [0.29, 0.717) is 31.1 Å². The smallest absolute Gasteiger partial charge is 0.231 e. The summed E-state index contributed by atoms with van der Waals surface area (Å²) in [5.41, 5.74) is 0.918. The molecule has 0 radical (unpaired) electrons. The zero-order valence-electron chi connectivity index (χ0n) is 10.6. The summed E-state index contributed by atoms with van der Waals surface area (Å²) >= 11 is 0. The summed E-state index contributed by atoms with van der Waals surface area (Å²) in [6, 6.07) is 5.38. The number of hydrogen-bond acceptors (Lipinski definition) is 5. The minimum absolute atomic E-state index is 0.196. The summed E-state index contributed by atoms with van der Waals surface area (Å²) in [6.45, 7) is 1.98. The Morgan fingerprint density at radius 1 is 1.32 bits per heavy atom. The minimum Gasteiger partial charge on any atom is -0.454 e. The average molecular weight is 284 g/mol. The maximum atomic E-state index is 11.8. The lowest BCUT2D eigenvalue weighted by atomic mass is 10.0. The molecular formula is C12H16N2O4S. The van der Waals surface area contributed by atoms with Gasteiger partial charge in [0.05, 0.1) is 12.3 Å². The second-order valence-corrected chi connectivity index (χ2v) is 6.64. The molecule has 1 N–H and O–H groups in total. The molecule has 1 saturated heterocycles. The fraction of sp³-hybridized carbons (Fsp3) is 0.500. The largest absolute Gasteiger partial charge is 0.454 e. The van der Waals surface area contributed by atoms with E-state index in [4.69, 9.17) is 9.47 Å². The highest BCUT2D eigenvalue weighted by Gasteiger charge is 2.31. The van der Waals surface area contributed by atoms with Gasteiger partial charge in [0.1, 0.15) is 0 Å². The van der Waals surface area contributed by atoms with Gasteiger partial charge < -0.3 is 14.8 Å². The van der Waals surface area contributed by atoms with Crippen molar-refractivity contribution in [1.29, 1.82) is 0 Å². The number of sulfonamides is 1. The SMILES string of the molecule is CS(=O)(=O)N1CCNCC1c1ccc2c(c1)OCO2. The molecule has 19 heavy (non-hydrogen) atoms. The van der Waals surface area contributed by atoms with Crippen LogP contribution in [0.3, 0.4) is 0 Å². The van der Waals surface area contributed by atoms with Crippen LogP contribution in [-0.2, 0) is 10.0 Å². The lowest BCUT2D eigenvalue weighted by Gasteiger charge is -2.34. The highest BCUT2D eigenvalue weighted by atomic mass is 32.2. The number of ether oxygens (including phenoxy) is 2. The van der Waals surface area contributed by atoms with E-state index in [-0.39, 0.29) is 12.8 Å². The molecule has 1 atom stereocenters. The highest BCUT2D eigenvalue weighted by molar-refractivity contribution is 7.88. The molecule has 2 aliphatic rings. The fourth-order valence-corrected chi connectivity index (χ4v) is 3.57. The summed E-state index contributed by atoms with van der Waals surface area (Å²) in [7, 11) is -3.22. The van der Waals surface area contributed by atoms with Gasteiger partial charge in [-0.1, -0.05) is 6.07 Å². The lowest BCUT2D eigenvalue weighted by Crippen LogP contribution is -2.48. The van der Waals surface area contributed by atoms with Crippen molar-refractivity contribution in [2.24, 2.45) is 0 Å². The first-order chi connectivity index (χ1) is 9.05. The van der Waals surface area contributed by atoms with Crippen LogP contribution in [0, 0.1) is 0 Å². The minimum atomic E-state index is -3.22. The molecule has 0 aromatic heterocycles. The molecule has 2 heterocycles. The molecule has 1 unspecified atom stereocenters. The van der Waals surface area contributed by atoms with Gasteiger partial charge in [-0.05, 0) is 17.7 Å². The maximum Gasteiger partial charge on any atom is 0.231 e. The first-order valence-electron chi connectivity index (χ1n) is 6.13. The molecule has 6 nitrogen and oxygen atoms in total. The van der Waals surface area contributed by atoms with Gasteiger partial charge in [-0.25, -0.2) is 8.42 Å². The standard InChI is InChI=1S/C12H16N2O4S/c1-19(15,16)14-5-4-13-7-10(14)9-2-3-11-12(6-9)18-8-17-11/h2-3,6,10,13H,4-5,7-8H2,1H3. The van der Waals surface area contributed by atoms with E-state index in [2.05, 4.69) is 5.32 Å². The van der Waals surface area contributed by atoms with Crippen LogP contribution >= 0.6 is 0 Å². The molecule has 1 aromatic rings. The molecule has 7 heteroatoms. The van der Waals surface area contributed by atoms with Crippen LogP contribution in [0.2, 0.25) is 0 Å². The van der Waals surface area contributed by atoms with Crippen LogP contribution in [0.25, 0.3) is 0 Å². The summed E-state index contributed by atoms with van der Waals surface area (Å²) in [5, 5.41) is 3.22.